The number of rotatable bonds is 2. The zero-order valence-corrected chi connectivity index (χ0v) is 11.8. The van der Waals surface area contributed by atoms with Gasteiger partial charge in [0.2, 0.25) is 5.79 Å². The first-order chi connectivity index (χ1) is 8.95. The average Bonchev–Trinajstić information content (AvgIpc) is 2.68. The molecule has 2 bridgehead atoms. The molecule has 19 heavy (non-hydrogen) atoms. The van der Waals surface area contributed by atoms with Crippen LogP contribution >= 0.6 is 0 Å². The van der Waals surface area contributed by atoms with Crippen molar-refractivity contribution >= 4 is 5.78 Å². The standard InChI is InChI=1S/C14H22O5/c1-12-5-4-6-13(17-2,18-3)14(12)11(16)7-9(15)10(8-12)19-14/h9-10,15H,4-8H2,1-3H3/t9-,10+,12-,14+/m0/s1. The van der Waals surface area contributed by atoms with E-state index in [1.165, 1.54) is 0 Å². The highest BCUT2D eigenvalue weighted by molar-refractivity contribution is 5.91. The third-order valence-corrected chi connectivity index (χ3v) is 5.48. The van der Waals surface area contributed by atoms with E-state index in [2.05, 4.69) is 6.92 Å². The summed E-state index contributed by atoms with van der Waals surface area (Å²) in [5.74, 6) is -1.11. The van der Waals surface area contributed by atoms with Crippen molar-refractivity contribution in [3.63, 3.8) is 0 Å². The fourth-order valence-electron chi connectivity index (χ4n) is 4.58. The molecule has 0 unspecified atom stereocenters. The molecule has 1 aliphatic carbocycles. The molecule has 2 heterocycles. The van der Waals surface area contributed by atoms with Crippen molar-refractivity contribution in [3.8, 4) is 0 Å². The lowest BCUT2D eigenvalue weighted by molar-refractivity contribution is -0.338. The van der Waals surface area contributed by atoms with E-state index in [1.807, 2.05) is 0 Å². The first kappa shape index (κ1) is 13.5. The SMILES string of the molecule is COC1(OC)CCC[C@@]2(C)C[C@H]3O[C@@]12C(=O)C[C@@H]3O. The molecule has 3 aliphatic rings. The smallest absolute Gasteiger partial charge is 0.205 e. The molecule has 3 rings (SSSR count). The van der Waals surface area contributed by atoms with Gasteiger partial charge >= 0.3 is 0 Å². The van der Waals surface area contributed by atoms with E-state index in [1.54, 1.807) is 14.2 Å². The van der Waals surface area contributed by atoms with E-state index in [4.69, 9.17) is 14.2 Å². The van der Waals surface area contributed by atoms with Gasteiger partial charge in [0.1, 0.15) is 0 Å². The zero-order valence-electron chi connectivity index (χ0n) is 11.8. The summed E-state index contributed by atoms with van der Waals surface area (Å²) < 4.78 is 17.3. The fraction of sp³-hybridized carbons (Fsp3) is 0.929. The molecule has 0 amide bonds. The minimum atomic E-state index is -1.06. The molecule has 5 nitrogen and oxygen atoms in total. The second-order valence-electron chi connectivity index (χ2n) is 6.31. The van der Waals surface area contributed by atoms with Crippen LogP contribution in [0.15, 0.2) is 0 Å². The molecule has 1 spiro atoms. The van der Waals surface area contributed by atoms with Crippen LogP contribution in [0.2, 0.25) is 0 Å². The second kappa shape index (κ2) is 4.01. The van der Waals surface area contributed by atoms with Crippen molar-refractivity contribution in [2.45, 2.75) is 62.6 Å². The highest BCUT2D eigenvalue weighted by Gasteiger charge is 2.76. The Labute approximate surface area is 113 Å². The summed E-state index contributed by atoms with van der Waals surface area (Å²) in [6, 6.07) is 0. The van der Waals surface area contributed by atoms with Crippen LogP contribution in [0.5, 0.6) is 0 Å². The largest absolute Gasteiger partial charge is 0.390 e. The summed E-state index contributed by atoms with van der Waals surface area (Å²) in [6.07, 6.45) is 2.31. The van der Waals surface area contributed by atoms with Crippen LogP contribution in [-0.4, -0.2) is 48.7 Å². The van der Waals surface area contributed by atoms with E-state index in [9.17, 15) is 9.90 Å². The van der Waals surface area contributed by atoms with Crippen LogP contribution in [0.1, 0.15) is 39.0 Å². The maximum Gasteiger partial charge on any atom is 0.205 e. The number of ketones is 1. The Hall–Kier alpha value is -0.490. The Kier molecular flexibility index (Phi) is 2.85. The van der Waals surface area contributed by atoms with E-state index in [0.29, 0.717) is 12.8 Å². The molecule has 5 heteroatoms. The maximum atomic E-state index is 12.7. The molecule has 4 atom stereocenters. The Bertz CT molecular complexity index is 405. The van der Waals surface area contributed by atoms with E-state index in [0.717, 1.165) is 12.8 Å². The van der Waals surface area contributed by atoms with E-state index in [-0.39, 0.29) is 23.7 Å². The van der Waals surface area contributed by atoms with Crippen LogP contribution in [0.4, 0.5) is 0 Å². The molecular weight excluding hydrogens is 248 g/mol. The van der Waals surface area contributed by atoms with Gasteiger partial charge in [-0.25, -0.2) is 0 Å². The first-order valence-electron chi connectivity index (χ1n) is 6.94. The molecule has 2 saturated heterocycles. The Balaban J connectivity index is 2.16. The Morgan fingerprint density at radius 1 is 1.32 bits per heavy atom. The van der Waals surface area contributed by atoms with Gasteiger partial charge in [0.15, 0.2) is 11.4 Å². The summed E-state index contributed by atoms with van der Waals surface area (Å²) >= 11 is 0. The molecule has 108 valence electrons. The number of carbonyl (C=O) groups is 1. The van der Waals surface area contributed by atoms with Crippen molar-refractivity contribution in [3.05, 3.63) is 0 Å². The quantitative estimate of drug-likeness (QED) is 0.759. The fourth-order valence-corrected chi connectivity index (χ4v) is 4.58. The summed E-state index contributed by atoms with van der Waals surface area (Å²) in [5.41, 5.74) is -1.39. The van der Waals surface area contributed by atoms with Crippen LogP contribution in [0.3, 0.4) is 0 Å². The van der Waals surface area contributed by atoms with Crippen LogP contribution < -0.4 is 0 Å². The Morgan fingerprint density at radius 3 is 2.63 bits per heavy atom. The number of carbonyl (C=O) groups excluding carboxylic acids is 1. The van der Waals surface area contributed by atoms with Crippen molar-refractivity contribution in [2.24, 2.45) is 5.41 Å². The number of aliphatic hydroxyl groups is 1. The van der Waals surface area contributed by atoms with Gasteiger partial charge in [0.25, 0.3) is 0 Å². The highest BCUT2D eigenvalue weighted by atomic mass is 16.7. The predicted octanol–water partition coefficient (Wildman–Crippen LogP) is 1.03. The highest BCUT2D eigenvalue weighted by Crippen LogP contribution is 2.63. The van der Waals surface area contributed by atoms with Gasteiger partial charge in [-0.3, -0.25) is 4.79 Å². The van der Waals surface area contributed by atoms with Gasteiger partial charge in [-0.1, -0.05) is 6.92 Å². The van der Waals surface area contributed by atoms with E-state index >= 15 is 0 Å². The average molecular weight is 270 g/mol. The number of ether oxygens (including phenoxy) is 3. The Morgan fingerprint density at radius 2 is 2.00 bits per heavy atom. The number of aliphatic hydroxyl groups excluding tert-OH is 1. The van der Waals surface area contributed by atoms with Crippen LogP contribution in [-0.2, 0) is 19.0 Å². The molecule has 0 aromatic rings. The van der Waals surface area contributed by atoms with Gasteiger partial charge in [0.05, 0.1) is 12.2 Å². The summed E-state index contributed by atoms with van der Waals surface area (Å²) in [5, 5.41) is 10.0. The van der Waals surface area contributed by atoms with Gasteiger partial charge in [0, 0.05) is 32.5 Å². The number of methoxy groups -OCH3 is 2. The van der Waals surface area contributed by atoms with Gasteiger partial charge in [-0.2, -0.15) is 0 Å². The first-order valence-corrected chi connectivity index (χ1v) is 6.94. The van der Waals surface area contributed by atoms with E-state index < -0.39 is 17.5 Å². The lowest BCUT2D eigenvalue weighted by atomic mass is 9.59. The van der Waals surface area contributed by atoms with Crippen molar-refractivity contribution in [1.82, 2.24) is 0 Å². The summed E-state index contributed by atoms with van der Waals surface area (Å²) in [6.45, 7) is 2.06. The molecule has 0 aromatic carbocycles. The molecular formula is C14H22O5. The van der Waals surface area contributed by atoms with Gasteiger partial charge in [-0.05, 0) is 19.3 Å². The van der Waals surface area contributed by atoms with Gasteiger partial charge < -0.3 is 19.3 Å². The number of fused-ring (bicyclic) bond motifs is 1. The van der Waals surface area contributed by atoms with Crippen molar-refractivity contribution < 1.29 is 24.1 Å². The second-order valence-corrected chi connectivity index (χ2v) is 6.31. The number of hydrogen-bond donors (Lipinski definition) is 1. The minimum Gasteiger partial charge on any atom is -0.390 e. The predicted molar refractivity (Wildman–Crippen MR) is 66.6 cm³/mol. The molecule has 1 N–H and O–H groups in total. The van der Waals surface area contributed by atoms with Gasteiger partial charge in [-0.15, -0.1) is 0 Å². The molecule has 0 radical (unpaired) electrons. The monoisotopic (exact) mass is 270 g/mol. The lowest BCUT2D eigenvalue weighted by Crippen LogP contribution is -2.71. The summed E-state index contributed by atoms with van der Waals surface area (Å²) in [4.78, 5) is 12.7. The van der Waals surface area contributed by atoms with Crippen molar-refractivity contribution in [2.75, 3.05) is 14.2 Å². The maximum absolute atomic E-state index is 12.7. The van der Waals surface area contributed by atoms with Crippen molar-refractivity contribution in [1.29, 1.82) is 0 Å². The third kappa shape index (κ3) is 1.37. The molecule has 1 saturated carbocycles. The van der Waals surface area contributed by atoms with Crippen LogP contribution in [0, 0.1) is 5.41 Å². The summed E-state index contributed by atoms with van der Waals surface area (Å²) in [7, 11) is 3.14. The molecule has 2 aliphatic heterocycles. The zero-order chi connectivity index (χ0) is 13.9. The lowest BCUT2D eigenvalue weighted by Gasteiger charge is -2.56. The molecule has 3 fully saturated rings. The number of Topliss-reactive ketones (excluding diaryl/α,β-unsaturated/α-hetero) is 1. The third-order valence-electron chi connectivity index (χ3n) is 5.48. The normalized spacial score (nSPS) is 48.1. The number of hydrogen-bond acceptors (Lipinski definition) is 5. The minimum absolute atomic E-state index is 0.0837. The van der Waals surface area contributed by atoms with Crippen LogP contribution in [0.25, 0.3) is 0 Å². The topological polar surface area (TPSA) is 65.0 Å². The molecule has 0 aromatic heterocycles.